The summed E-state index contributed by atoms with van der Waals surface area (Å²) in [6, 6.07) is 73.3. The molecule has 7 aromatic carbocycles. The quantitative estimate of drug-likeness (QED) is 0.146. The topological polar surface area (TPSA) is 64.5 Å². The summed E-state index contributed by atoms with van der Waals surface area (Å²) in [5, 5.41) is 0. The largest absolute Gasteiger partial charge is 0.256 e. The summed E-state index contributed by atoms with van der Waals surface area (Å²) < 4.78 is 0. The van der Waals surface area contributed by atoms with Crippen LogP contribution in [0.1, 0.15) is 0 Å². The van der Waals surface area contributed by atoms with Gasteiger partial charge in [-0.15, -0.1) is 0 Å². The predicted octanol–water partition coefficient (Wildman–Crippen LogP) is 13.7. The molecule has 0 aliphatic heterocycles. The number of hydrogen-bond donors (Lipinski definition) is 0. The summed E-state index contributed by atoms with van der Waals surface area (Å²) in [4.78, 5) is 24.6. The molecule has 3 aromatic heterocycles. The first-order valence-electron chi connectivity index (χ1n) is 20.0. The van der Waals surface area contributed by atoms with Crippen LogP contribution < -0.4 is 0 Å². The zero-order valence-electron chi connectivity index (χ0n) is 32.6. The zero-order chi connectivity index (χ0) is 40.1. The number of hydrogen-bond acceptors (Lipinski definition) is 5. The zero-order valence-corrected chi connectivity index (χ0v) is 32.6. The van der Waals surface area contributed by atoms with Crippen molar-refractivity contribution >= 4 is 0 Å². The van der Waals surface area contributed by atoms with Crippen LogP contribution in [0.25, 0.3) is 101 Å². The van der Waals surface area contributed by atoms with Gasteiger partial charge in [0.1, 0.15) is 0 Å². The minimum Gasteiger partial charge on any atom is -0.256 e. The maximum atomic E-state index is 5.24. The molecule has 0 radical (unpaired) electrons. The minimum absolute atomic E-state index is 0.611. The minimum atomic E-state index is 0.611. The van der Waals surface area contributed by atoms with E-state index in [-0.39, 0.29) is 0 Å². The Morgan fingerprint density at radius 1 is 0.217 bits per heavy atom. The molecule has 10 aromatic rings. The van der Waals surface area contributed by atoms with Gasteiger partial charge in [0.15, 0.2) is 17.5 Å². The number of benzene rings is 7. The van der Waals surface area contributed by atoms with Gasteiger partial charge in [-0.05, 0) is 80.9 Å². The summed E-state index contributed by atoms with van der Waals surface area (Å²) in [6.07, 6.45) is 3.66. The number of nitrogens with zero attached hydrogens (tertiary/aromatic N) is 5. The normalized spacial score (nSPS) is 11.0. The van der Waals surface area contributed by atoms with Gasteiger partial charge in [-0.3, -0.25) is 9.97 Å². The lowest BCUT2D eigenvalue weighted by molar-refractivity contribution is 1.07. The average molecular weight is 768 g/mol. The Hall–Kier alpha value is -8.15. The Balaban J connectivity index is 1.02. The van der Waals surface area contributed by atoms with E-state index in [2.05, 4.69) is 143 Å². The number of aromatic nitrogens is 5. The van der Waals surface area contributed by atoms with Crippen molar-refractivity contribution in [2.75, 3.05) is 0 Å². The smallest absolute Gasteiger partial charge is 0.164 e. The van der Waals surface area contributed by atoms with E-state index < -0.39 is 0 Å². The molecule has 0 atom stereocenters. The second kappa shape index (κ2) is 16.4. The van der Waals surface area contributed by atoms with Crippen LogP contribution >= 0.6 is 0 Å². The van der Waals surface area contributed by atoms with E-state index in [0.717, 1.165) is 83.7 Å². The molecule has 0 saturated carbocycles. The van der Waals surface area contributed by atoms with Gasteiger partial charge in [-0.2, -0.15) is 0 Å². The summed E-state index contributed by atoms with van der Waals surface area (Å²) in [6.45, 7) is 0. The van der Waals surface area contributed by atoms with Gasteiger partial charge in [0.25, 0.3) is 0 Å². The SMILES string of the molecule is c1ccc(-c2nc(-c3ccccc3-c3ccc(-c4cccc(-c5ccccn5)c4)cc3)nc(-c3ccccc3-c3ccc(-c4cccc(-c5ccccn5)c4)cc3)n2)cc1. The van der Waals surface area contributed by atoms with Gasteiger partial charge < -0.3 is 0 Å². The molecule has 3 heterocycles. The Morgan fingerprint density at radius 3 is 1.03 bits per heavy atom. The molecule has 0 spiro atoms. The van der Waals surface area contributed by atoms with Crippen LogP contribution in [0.15, 0.2) is 225 Å². The van der Waals surface area contributed by atoms with Gasteiger partial charge in [-0.1, -0.05) is 176 Å². The third kappa shape index (κ3) is 7.51. The van der Waals surface area contributed by atoms with Crippen molar-refractivity contribution in [3.8, 4) is 101 Å². The molecule has 0 N–H and O–H groups in total. The second-order valence-electron chi connectivity index (χ2n) is 14.5. The van der Waals surface area contributed by atoms with Crippen molar-refractivity contribution in [3.05, 3.63) is 225 Å². The van der Waals surface area contributed by atoms with Crippen molar-refractivity contribution in [2.45, 2.75) is 0 Å². The highest BCUT2D eigenvalue weighted by Crippen LogP contribution is 2.37. The van der Waals surface area contributed by atoms with Crippen LogP contribution in [0, 0.1) is 0 Å². The summed E-state index contributed by atoms with van der Waals surface area (Å²) in [5.41, 5.74) is 15.6. The van der Waals surface area contributed by atoms with Gasteiger partial charge in [0.05, 0.1) is 11.4 Å². The van der Waals surface area contributed by atoms with Crippen molar-refractivity contribution < 1.29 is 0 Å². The van der Waals surface area contributed by atoms with E-state index in [9.17, 15) is 0 Å². The first-order chi connectivity index (χ1) is 29.7. The molecule has 0 bridgehead atoms. The van der Waals surface area contributed by atoms with Crippen molar-refractivity contribution in [2.24, 2.45) is 0 Å². The Morgan fingerprint density at radius 2 is 0.583 bits per heavy atom. The molecule has 0 saturated heterocycles. The molecule has 282 valence electrons. The molecule has 0 fully saturated rings. The lowest BCUT2D eigenvalue weighted by Gasteiger charge is -2.14. The fraction of sp³-hybridized carbons (Fsp3) is 0. The fourth-order valence-electron chi connectivity index (χ4n) is 7.66. The highest BCUT2D eigenvalue weighted by atomic mass is 15.0. The van der Waals surface area contributed by atoms with Gasteiger partial charge in [0, 0.05) is 40.2 Å². The third-order valence-electron chi connectivity index (χ3n) is 10.7. The highest BCUT2D eigenvalue weighted by Gasteiger charge is 2.18. The predicted molar refractivity (Wildman–Crippen MR) is 244 cm³/mol. The van der Waals surface area contributed by atoms with Crippen LogP contribution in [0.5, 0.6) is 0 Å². The molecular weight excluding hydrogens is 731 g/mol. The highest BCUT2D eigenvalue weighted by molar-refractivity contribution is 5.86. The molecule has 0 unspecified atom stereocenters. The van der Waals surface area contributed by atoms with E-state index in [0.29, 0.717) is 17.5 Å². The van der Waals surface area contributed by atoms with E-state index in [1.54, 1.807) is 0 Å². The van der Waals surface area contributed by atoms with Crippen LogP contribution in [0.4, 0.5) is 0 Å². The Kier molecular flexibility index (Phi) is 9.88. The van der Waals surface area contributed by atoms with Crippen LogP contribution in [0.3, 0.4) is 0 Å². The van der Waals surface area contributed by atoms with Gasteiger partial charge in [-0.25, -0.2) is 15.0 Å². The fourth-order valence-corrected chi connectivity index (χ4v) is 7.66. The van der Waals surface area contributed by atoms with E-state index in [1.807, 2.05) is 91.3 Å². The third-order valence-corrected chi connectivity index (χ3v) is 10.7. The maximum absolute atomic E-state index is 5.24. The molecular formula is C55H37N5. The van der Waals surface area contributed by atoms with Crippen molar-refractivity contribution in [1.29, 1.82) is 0 Å². The molecule has 60 heavy (non-hydrogen) atoms. The second-order valence-corrected chi connectivity index (χ2v) is 14.5. The van der Waals surface area contributed by atoms with Crippen molar-refractivity contribution in [3.63, 3.8) is 0 Å². The number of pyridine rings is 2. The van der Waals surface area contributed by atoms with E-state index >= 15 is 0 Å². The lowest BCUT2D eigenvalue weighted by atomic mass is 9.95. The summed E-state index contributed by atoms with van der Waals surface area (Å²) in [7, 11) is 0. The molecule has 5 heteroatoms. The molecule has 5 nitrogen and oxygen atoms in total. The van der Waals surface area contributed by atoms with Gasteiger partial charge >= 0.3 is 0 Å². The summed E-state index contributed by atoms with van der Waals surface area (Å²) in [5.74, 6) is 1.84. The van der Waals surface area contributed by atoms with Crippen LogP contribution in [0.2, 0.25) is 0 Å². The Bertz CT molecular complexity index is 2870. The van der Waals surface area contributed by atoms with E-state index in [4.69, 9.17) is 15.0 Å². The standard InChI is InChI=1S/C55H37N5/c1-2-14-42(15-3-1)53-58-54(49-22-6-4-20-47(49)40-30-26-38(27-31-40)43-16-12-18-45(36-43)51-24-8-10-34-56-51)60-55(59-53)50-23-7-5-21-48(50)41-32-28-39(29-33-41)44-17-13-19-46(37-44)52-25-9-11-35-57-52/h1-37H. The van der Waals surface area contributed by atoms with Gasteiger partial charge in [0.2, 0.25) is 0 Å². The van der Waals surface area contributed by atoms with Crippen LogP contribution in [-0.4, -0.2) is 24.9 Å². The molecule has 0 aliphatic carbocycles. The molecule has 0 amide bonds. The van der Waals surface area contributed by atoms with Crippen LogP contribution in [-0.2, 0) is 0 Å². The first-order valence-corrected chi connectivity index (χ1v) is 20.0. The molecule has 10 rings (SSSR count). The molecule has 0 aliphatic rings. The average Bonchev–Trinajstić information content (AvgIpc) is 3.35. The summed E-state index contributed by atoms with van der Waals surface area (Å²) >= 11 is 0. The lowest BCUT2D eigenvalue weighted by Crippen LogP contribution is -2.02. The first kappa shape index (κ1) is 36.2. The Labute approximate surface area is 349 Å². The van der Waals surface area contributed by atoms with E-state index in [1.165, 1.54) is 0 Å². The monoisotopic (exact) mass is 767 g/mol. The maximum Gasteiger partial charge on any atom is 0.164 e. The number of rotatable bonds is 9. The van der Waals surface area contributed by atoms with Crippen molar-refractivity contribution in [1.82, 2.24) is 24.9 Å².